The molecule has 0 bridgehead atoms. The summed E-state index contributed by atoms with van der Waals surface area (Å²) < 4.78 is 4.51. The molecule has 1 amide bonds. The molecule has 0 aromatic rings. The fraction of sp³-hybridized carbons (Fsp3) is 0.778. The van der Waals surface area contributed by atoms with Crippen LogP contribution in [0.15, 0.2) is 0 Å². The van der Waals surface area contributed by atoms with Crippen molar-refractivity contribution >= 4 is 11.9 Å². The second-order valence-corrected chi connectivity index (χ2v) is 3.38. The number of carbonyl (C=O) groups excluding carboxylic acids is 2. The van der Waals surface area contributed by atoms with Gasteiger partial charge in [0.15, 0.2) is 0 Å². The number of amides is 1. The Labute approximate surface area is 83.4 Å². The first-order valence-electron chi connectivity index (χ1n) is 4.70. The first kappa shape index (κ1) is 11.0. The van der Waals surface area contributed by atoms with Gasteiger partial charge in [-0.25, -0.2) is 0 Å². The minimum Gasteiger partial charge on any atom is -0.469 e. The molecule has 1 aliphatic rings. The lowest BCUT2D eigenvalue weighted by molar-refractivity contribution is -0.141. The van der Waals surface area contributed by atoms with E-state index in [2.05, 4.69) is 10.1 Å². The Balaban J connectivity index is 2.36. The number of rotatable bonds is 3. The van der Waals surface area contributed by atoms with Crippen LogP contribution in [0.25, 0.3) is 0 Å². The lowest BCUT2D eigenvalue weighted by Crippen LogP contribution is -2.53. The molecule has 0 spiro atoms. The molecule has 1 atom stereocenters. The summed E-state index contributed by atoms with van der Waals surface area (Å²) in [5, 5.41) is 3.08. The summed E-state index contributed by atoms with van der Waals surface area (Å²) in [4.78, 5) is 24.1. The van der Waals surface area contributed by atoms with Gasteiger partial charge in [0.2, 0.25) is 5.91 Å². The molecule has 80 valence electrons. The number of esters is 1. The highest BCUT2D eigenvalue weighted by Gasteiger charge is 2.25. The van der Waals surface area contributed by atoms with Crippen LogP contribution in [-0.4, -0.2) is 50.1 Å². The molecule has 0 aliphatic carbocycles. The van der Waals surface area contributed by atoms with Crippen LogP contribution < -0.4 is 5.32 Å². The fourth-order valence-electron chi connectivity index (χ4n) is 1.46. The van der Waals surface area contributed by atoms with E-state index < -0.39 is 0 Å². The van der Waals surface area contributed by atoms with E-state index >= 15 is 0 Å². The van der Waals surface area contributed by atoms with Crippen LogP contribution in [-0.2, 0) is 14.3 Å². The Morgan fingerprint density at radius 2 is 2.43 bits per heavy atom. The van der Waals surface area contributed by atoms with E-state index in [4.69, 9.17) is 0 Å². The zero-order chi connectivity index (χ0) is 10.6. The van der Waals surface area contributed by atoms with E-state index in [1.54, 1.807) is 11.9 Å². The van der Waals surface area contributed by atoms with Crippen molar-refractivity contribution in [3.05, 3.63) is 0 Å². The van der Waals surface area contributed by atoms with Crippen molar-refractivity contribution in [1.29, 1.82) is 0 Å². The SMILES string of the molecule is COC(=O)CCC1NCCN(C)C1=O. The molecule has 1 aliphatic heterocycles. The van der Waals surface area contributed by atoms with E-state index in [0.29, 0.717) is 6.42 Å². The standard InChI is InChI=1S/C9H16N2O3/c1-11-6-5-10-7(9(11)13)3-4-8(12)14-2/h7,10H,3-6H2,1-2H3. The molecule has 5 heteroatoms. The zero-order valence-corrected chi connectivity index (χ0v) is 8.58. The summed E-state index contributed by atoms with van der Waals surface area (Å²) in [5.74, 6) is -0.215. The predicted octanol–water partition coefficient (Wildman–Crippen LogP) is -0.630. The van der Waals surface area contributed by atoms with Crippen molar-refractivity contribution < 1.29 is 14.3 Å². The molecule has 0 aromatic carbocycles. The molecule has 5 nitrogen and oxygen atoms in total. The van der Waals surface area contributed by atoms with Gasteiger partial charge in [-0.3, -0.25) is 9.59 Å². The number of piperazine rings is 1. The Morgan fingerprint density at radius 1 is 1.71 bits per heavy atom. The highest BCUT2D eigenvalue weighted by Crippen LogP contribution is 2.05. The highest BCUT2D eigenvalue weighted by molar-refractivity contribution is 5.83. The van der Waals surface area contributed by atoms with Gasteiger partial charge in [0.05, 0.1) is 13.2 Å². The van der Waals surface area contributed by atoms with Crippen LogP contribution in [0.5, 0.6) is 0 Å². The van der Waals surface area contributed by atoms with E-state index in [9.17, 15) is 9.59 Å². The van der Waals surface area contributed by atoms with Crippen LogP contribution in [0.2, 0.25) is 0 Å². The van der Waals surface area contributed by atoms with Crippen LogP contribution in [0.4, 0.5) is 0 Å². The number of hydrogen-bond donors (Lipinski definition) is 1. The number of nitrogens with zero attached hydrogens (tertiary/aromatic N) is 1. The third-order valence-corrected chi connectivity index (χ3v) is 2.38. The number of ether oxygens (including phenoxy) is 1. The largest absolute Gasteiger partial charge is 0.469 e. The summed E-state index contributed by atoms with van der Waals surface area (Å²) in [7, 11) is 3.12. The molecule has 1 heterocycles. The maximum atomic E-state index is 11.5. The molecular formula is C9H16N2O3. The third kappa shape index (κ3) is 2.70. The van der Waals surface area contributed by atoms with Gasteiger partial charge >= 0.3 is 5.97 Å². The molecular weight excluding hydrogens is 184 g/mol. The van der Waals surface area contributed by atoms with E-state index in [1.165, 1.54) is 7.11 Å². The van der Waals surface area contributed by atoms with Gasteiger partial charge in [0.1, 0.15) is 0 Å². The maximum Gasteiger partial charge on any atom is 0.305 e. The maximum absolute atomic E-state index is 11.5. The molecule has 1 saturated heterocycles. The fourth-order valence-corrected chi connectivity index (χ4v) is 1.46. The predicted molar refractivity (Wildman–Crippen MR) is 50.7 cm³/mol. The van der Waals surface area contributed by atoms with Crippen molar-refractivity contribution in [1.82, 2.24) is 10.2 Å². The van der Waals surface area contributed by atoms with Crippen LogP contribution >= 0.6 is 0 Å². The van der Waals surface area contributed by atoms with Crippen molar-refractivity contribution in [3.8, 4) is 0 Å². The van der Waals surface area contributed by atoms with Crippen LogP contribution in [0.3, 0.4) is 0 Å². The minimum absolute atomic E-state index is 0.0557. The quantitative estimate of drug-likeness (QED) is 0.616. The van der Waals surface area contributed by atoms with E-state index in [0.717, 1.165) is 13.1 Å². The molecule has 0 aromatic heterocycles. The average molecular weight is 200 g/mol. The number of hydrogen-bond acceptors (Lipinski definition) is 4. The summed E-state index contributed by atoms with van der Waals surface area (Å²) in [6, 6.07) is -0.229. The van der Waals surface area contributed by atoms with Crippen LogP contribution in [0, 0.1) is 0 Å². The molecule has 0 saturated carbocycles. The molecule has 14 heavy (non-hydrogen) atoms. The van der Waals surface area contributed by atoms with E-state index in [-0.39, 0.29) is 24.3 Å². The van der Waals surface area contributed by atoms with Crippen molar-refractivity contribution in [2.24, 2.45) is 0 Å². The molecule has 1 rings (SSSR count). The third-order valence-electron chi connectivity index (χ3n) is 2.38. The van der Waals surface area contributed by atoms with Gasteiger partial charge in [0.25, 0.3) is 0 Å². The molecule has 1 unspecified atom stereocenters. The van der Waals surface area contributed by atoms with Crippen LogP contribution in [0.1, 0.15) is 12.8 Å². The topological polar surface area (TPSA) is 58.6 Å². The first-order chi connectivity index (χ1) is 6.65. The lowest BCUT2D eigenvalue weighted by atomic mass is 10.1. The van der Waals surface area contributed by atoms with Gasteiger partial charge in [-0.05, 0) is 6.42 Å². The van der Waals surface area contributed by atoms with Gasteiger partial charge < -0.3 is 15.0 Å². The molecule has 0 radical (unpaired) electrons. The van der Waals surface area contributed by atoms with Gasteiger partial charge in [-0.1, -0.05) is 0 Å². The number of nitrogens with one attached hydrogen (secondary N) is 1. The van der Waals surface area contributed by atoms with E-state index in [1.807, 2.05) is 0 Å². The first-order valence-corrected chi connectivity index (χ1v) is 4.70. The van der Waals surface area contributed by atoms with Crippen molar-refractivity contribution in [3.63, 3.8) is 0 Å². The Bertz CT molecular complexity index is 230. The normalized spacial score (nSPS) is 22.3. The second-order valence-electron chi connectivity index (χ2n) is 3.38. The lowest BCUT2D eigenvalue weighted by Gasteiger charge is -2.30. The number of methoxy groups -OCH3 is 1. The van der Waals surface area contributed by atoms with Gasteiger partial charge in [0, 0.05) is 26.6 Å². The second kappa shape index (κ2) is 4.95. The number of carbonyl (C=O) groups is 2. The highest BCUT2D eigenvalue weighted by atomic mass is 16.5. The zero-order valence-electron chi connectivity index (χ0n) is 8.58. The van der Waals surface area contributed by atoms with Gasteiger partial charge in [-0.15, -0.1) is 0 Å². The van der Waals surface area contributed by atoms with Crippen molar-refractivity contribution in [2.75, 3.05) is 27.2 Å². The average Bonchev–Trinajstić information content (AvgIpc) is 2.20. The molecule has 1 fully saturated rings. The monoisotopic (exact) mass is 200 g/mol. The molecule has 1 N–H and O–H groups in total. The smallest absolute Gasteiger partial charge is 0.305 e. The number of likely N-dealkylation sites (N-methyl/N-ethyl adjacent to an activating group) is 1. The summed E-state index contributed by atoms with van der Waals surface area (Å²) in [5.41, 5.74) is 0. The summed E-state index contributed by atoms with van der Waals surface area (Å²) in [6.07, 6.45) is 0.795. The van der Waals surface area contributed by atoms with Crippen molar-refractivity contribution in [2.45, 2.75) is 18.9 Å². The Hall–Kier alpha value is -1.10. The van der Waals surface area contributed by atoms with Gasteiger partial charge in [-0.2, -0.15) is 0 Å². The summed E-state index contributed by atoms with van der Waals surface area (Å²) >= 11 is 0. The summed E-state index contributed by atoms with van der Waals surface area (Å²) in [6.45, 7) is 1.52. The Kier molecular flexibility index (Phi) is 3.88. The Morgan fingerprint density at radius 3 is 3.07 bits per heavy atom. The minimum atomic E-state index is -0.271.